The van der Waals surface area contributed by atoms with Crippen molar-refractivity contribution in [2.24, 2.45) is 11.7 Å². The minimum atomic E-state index is -0.314. The maximum absolute atomic E-state index is 12.2. The number of hydrogen-bond acceptors (Lipinski definition) is 4. The van der Waals surface area contributed by atoms with Crippen LogP contribution in [-0.2, 0) is 14.4 Å². The number of para-hydroxylation sites is 2. The van der Waals surface area contributed by atoms with Gasteiger partial charge in [0.2, 0.25) is 17.7 Å². The smallest absolute Gasteiger partial charge is 0.238 e. The summed E-state index contributed by atoms with van der Waals surface area (Å²) in [6.07, 6.45) is 1.63. The van der Waals surface area contributed by atoms with Crippen LogP contribution in [0.15, 0.2) is 24.3 Å². The van der Waals surface area contributed by atoms with Crippen LogP contribution < -0.4 is 16.4 Å². The molecule has 0 spiro atoms. The van der Waals surface area contributed by atoms with Crippen molar-refractivity contribution in [2.75, 3.05) is 30.3 Å². The number of nitrogens with two attached hydrogens (primary N) is 1. The Bertz CT molecular complexity index is 603. The first-order chi connectivity index (χ1) is 11.0. The van der Waals surface area contributed by atoms with Crippen molar-refractivity contribution in [1.82, 2.24) is 4.90 Å². The fraction of sp³-hybridized carbons (Fsp3) is 0.438. The second-order valence-corrected chi connectivity index (χ2v) is 5.75. The SMILES string of the molecule is CC(=O)Nc1ccccc1NC(=O)CN1CCC[C@H](C(N)=O)C1. The van der Waals surface area contributed by atoms with E-state index < -0.39 is 0 Å². The number of carbonyl (C=O) groups is 3. The molecule has 1 aliphatic heterocycles. The summed E-state index contributed by atoms with van der Waals surface area (Å²) in [5.74, 6) is -0.894. The third-order valence-corrected chi connectivity index (χ3v) is 3.79. The molecule has 7 nitrogen and oxygen atoms in total. The number of nitrogens with one attached hydrogen (secondary N) is 2. The first kappa shape index (κ1) is 17.0. The quantitative estimate of drug-likeness (QED) is 0.746. The van der Waals surface area contributed by atoms with E-state index in [0.717, 1.165) is 19.4 Å². The molecule has 124 valence electrons. The number of carbonyl (C=O) groups excluding carboxylic acids is 3. The van der Waals surface area contributed by atoms with Crippen LogP contribution >= 0.6 is 0 Å². The highest BCUT2D eigenvalue weighted by atomic mass is 16.2. The Morgan fingerprint density at radius 1 is 1.22 bits per heavy atom. The summed E-state index contributed by atoms with van der Waals surface area (Å²) in [5, 5.41) is 5.47. The number of nitrogens with zero attached hydrogens (tertiary/aromatic N) is 1. The number of piperidine rings is 1. The standard InChI is InChI=1S/C16H22N4O3/c1-11(21)18-13-6-2-3-7-14(13)19-15(22)10-20-8-4-5-12(9-20)16(17)23/h2-3,6-7,12H,4-5,8-10H2,1H3,(H2,17,23)(H,18,21)(H,19,22)/t12-/m0/s1. The maximum atomic E-state index is 12.2. The first-order valence-corrected chi connectivity index (χ1v) is 7.64. The molecule has 0 aliphatic carbocycles. The Morgan fingerprint density at radius 3 is 2.48 bits per heavy atom. The largest absolute Gasteiger partial charge is 0.369 e. The van der Waals surface area contributed by atoms with Gasteiger partial charge in [-0.25, -0.2) is 0 Å². The molecule has 1 fully saturated rings. The molecule has 0 unspecified atom stereocenters. The summed E-state index contributed by atoms with van der Waals surface area (Å²) >= 11 is 0. The van der Waals surface area contributed by atoms with Crippen molar-refractivity contribution < 1.29 is 14.4 Å². The van der Waals surface area contributed by atoms with E-state index in [1.807, 2.05) is 4.90 Å². The van der Waals surface area contributed by atoms with E-state index in [2.05, 4.69) is 10.6 Å². The first-order valence-electron chi connectivity index (χ1n) is 7.64. The van der Waals surface area contributed by atoms with Crippen LogP contribution in [0.2, 0.25) is 0 Å². The molecule has 0 saturated carbocycles. The molecule has 2 rings (SSSR count). The number of amides is 3. The van der Waals surface area contributed by atoms with Gasteiger partial charge in [0.05, 0.1) is 23.8 Å². The van der Waals surface area contributed by atoms with Gasteiger partial charge in [-0.1, -0.05) is 12.1 Å². The third-order valence-electron chi connectivity index (χ3n) is 3.79. The highest BCUT2D eigenvalue weighted by Crippen LogP contribution is 2.21. The molecule has 1 aromatic rings. The zero-order chi connectivity index (χ0) is 16.8. The Kier molecular flexibility index (Phi) is 5.70. The van der Waals surface area contributed by atoms with E-state index >= 15 is 0 Å². The summed E-state index contributed by atoms with van der Waals surface area (Å²) in [4.78, 5) is 36.6. The molecule has 3 amide bonds. The van der Waals surface area contributed by atoms with E-state index in [-0.39, 0.29) is 30.2 Å². The van der Waals surface area contributed by atoms with Gasteiger partial charge in [0, 0.05) is 13.5 Å². The Labute approximate surface area is 135 Å². The normalized spacial score (nSPS) is 18.2. The van der Waals surface area contributed by atoms with Crippen molar-refractivity contribution >= 4 is 29.1 Å². The minimum Gasteiger partial charge on any atom is -0.369 e. The highest BCUT2D eigenvalue weighted by molar-refractivity contribution is 5.99. The van der Waals surface area contributed by atoms with E-state index in [0.29, 0.717) is 17.9 Å². The summed E-state index contributed by atoms with van der Waals surface area (Å²) in [7, 11) is 0. The van der Waals surface area contributed by atoms with Crippen LogP contribution in [0.25, 0.3) is 0 Å². The van der Waals surface area contributed by atoms with Gasteiger partial charge >= 0.3 is 0 Å². The van der Waals surface area contributed by atoms with Crippen molar-refractivity contribution in [1.29, 1.82) is 0 Å². The van der Waals surface area contributed by atoms with Crippen LogP contribution in [0.4, 0.5) is 11.4 Å². The lowest BCUT2D eigenvalue weighted by Gasteiger charge is -2.30. The molecule has 1 saturated heterocycles. The van der Waals surface area contributed by atoms with E-state index in [4.69, 9.17) is 5.73 Å². The molecule has 1 atom stereocenters. The summed E-state index contributed by atoms with van der Waals surface area (Å²) in [5.41, 5.74) is 6.45. The van der Waals surface area contributed by atoms with Crippen LogP contribution in [0, 0.1) is 5.92 Å². The average Bonchev–Trinajstić information content (AvgIpc) is 2.49. The molecule has 0 radical (unpaired) electrons. The molecular formula is C16H22N4O3. The lowest BCUT2D eigenvalue weighted by Crippen LogP contribution is -2.44. The molecule has 1 heterocycles. The van der Waals surface area contributed by atoms with Crippen molar-refractivity contribution in [3.63, 3.8) is 0 Å². The number of rotatable bonds is 5. The lowest BCUT2D eigenvalue weighted by atomic mass is 9.97. The van der Waals surface area contributed by atoms with Gasteiger partial charge in [0.25, 0.3) is 0 Å². The predicted octanol–water partition coefficient (Wildman–Crippen LogP) is 0.781. The Balaban J connectivity index is 1.95. The monoisotopic (exact) mass is 318 g/mol. The molecule has 0 aromatic heterocycles. The topological polar surface area (TPSA) is 105 Å². The number of likely N-dealkylation sites (tertiary alicyclic amines) is 1. The number of benzene rings is 1. The third kappa shape index (κ3) is 5.07. The summed E-state index contributed by atoms with van der Waals surface area (Å²) in [6, 6.07) is 7.01. The van der Waals surface area contributed by atoms with E-state index in [1.165, 1.54) is 6.92 Å². The fourth-order valence-corrected chi connectivity index (χ4v) is 2.71. The van der Waals surface area contributed by atoms with Crippen LogP contribution in [-0.4, -0.2) is 42.3 Å². The zero-order valence-electron chi connectivity index (χ0n) is 13.2. The van der Waals surface area contributed by atoms with Gasteiger partial charge in [-0.05, 0) is 31.5 Å². The van der Waals surface area contributed by atoms with Gasteiger partial charge in [-0.15, -0.1) is 0 Å². The van der Waals surface area contributed by atoms with Crippen LogP contribution in [0.3, 0.4) is 0 Å². The molecule has 23 heavy (non-hydrogen) atoms. The average molecular weight is 318 g/mol. The molecule has 0 bridgehead atoms. The number of hydrogen-bond donors (Lipinski definition) is 3. The van der Waals surface area contributed by atoms with Gasteiger partial charge in [0.15, 0.2) is 0 Å². The molecule has 7 heteroatoms. The molecular weight excluding hydrogens is 296 g/mol. The molecule has 1 aliphatic rings. The second kappa shape index (κ2) is 7.73. The summed E-state index contributed by atoms with van der Waals surface area (Å²) < 4.78 is 0. The lowest BCUT2D eigenvalue weighted by molar-refractivity contribution is -0.125. The van der Waals surface area contributed by atoms with Crippen LogP contribution in [0.5, 0.6) is 0 Å². The highest BCUT2D eigenvalue weighted by Gasteiger charge is 2.25. The van der Waals surface area contributed by atoms with E-state index in [9.17, 15) is 14.4 Å². The number of anilines is 2. The van der Waals surface area contributed by atoms with Crippen molar-refractivity contribution in [3.05, 3.63) is 24.3 Å². The fourth-order valence-electron chi connectivity index (χ4n) is 2.71. The zero-order valence-corrected chi connectivity index (χ0v) is 13.2. The molecule has 4 N–H and O–H groups in total. The van der Waals surface area contributed by atoms with Gasteiger partial charge < -0.3 is 16.4 Å². The maximum Gasteiger partial charge on any atom is 0.238 e. The minimum absolute atomic E-state index is 0.187. The molecule has 1 aromatic carbocycles. The Morgan fingerprint density at radius 2 is 1.87 bits per heavy atom. The predicted molar refractivity (Wildman–Crippen MR) is 87.7 cm³/mol. The van der Waals surface area contributed by atoms with Gasteiger partial charge in [0.1, 0.15) is 0 Å². The van der Waals surface area contributed by atoms with Crippen molar-refractivity contribution in [2.45, 2.75) is 19.8 Å². The number of primary amides is 1. The van der Waals surface area contributed by atoms with Crippen molar-refractivity contribution in [3.8, 4) is 0 Å². The second-order valence-electron chi connectivity index (χ2n) is 5.75. The Hall–Kier alpha value is -2.41. The van der Waals surface area contributed by atoms with E-state index in [1.54, 1.807) is 24.3 Å². The summed E-state index contributed by atoms with van der Waals surface area (Å²) in [6.45, 7) is 2.88. The van der Waals surface area contributed by atoms with Gasteiger partial charge in [-0.3, -0.25) is 19.3 Å². The van der Waals surface area contributed by atoms with Gasteiger partial charge in [-0.2, -0.15) is 0 Å². The van der Waals surface area contributed by atoms with Crippen LogP contribution in [0.1, 0.15) is 19.8 Å².